The number of nitrogens with zero attached hydrogens (tertiary/aromatic N) is 3. The topological polar surface area (TPSA) is 153 Å². The van der Waals surface area contributed by atoms with Crippen LogP contribution < -0.4 is 28.2 Å². The molecule has 4 aromatic rings. The van der Waals surface area contributed by atoms with E-state index in [0.29, 0.717) is 18.6 Å². The van der Waals surface area contributed by atoms with Crippen LogP contribution in [0, 0.1) is 0 Å². The van der Waals surface area contributed by atoms with Crippen molar-refractivity contribution in [3.63, 3.8) is 0 Å². The quantitative estimate of drug-likeness (QED) is 0.0698. The Labute approximate surface area is 287 Å². The molecule has 0 saturated carbocycles. The molecule has 0 unspecified atom stereocenters. The van der Waals surface area contributed by atoms with Crippen molar-refractivity contribution < 1.29 is 13.2 Å². The van der Waals surface area contributed by atoms with Gasteiger partial charge in [-0.1, -0.05) is 59.7 Å². The maximum atomic E-state index is 13.0. The van der Waals surface area contributed by atoms with Crippen LogP contribution in [-0.2, 0) is 30.0 Å². The van der Waals surface area contributed by atoms with Gasteiger partial charge in [-0.05, 0) is 91.6 Å². The molecule has 0 spiro atoms. The van der Waals surface area contributed by atoms with Crippen LogP contribution in [0.1, 0.15) is 95.7 Å². The Morgan fingerprint density at radius 2 is 1.59 bits per heavy atom. The molecule has 12 heteroatoms. The summed E-state index contributed by atoms with van der Waals surface area (Å²) < 4.78 is 40.5. The monoisotopic (exact) mass is 682 g/mol. The molecule has 0 amide bonds. The van der Waals surface area contributed by atoms with E-state index < -0.39 is 11.7 Å². The lowest BCUT2D eigenvalue weighted by Gasteiger charge is -2.22. The number of rotatable bonds is 11. The van der Waals surface area contributed by atoms with Crippen LogP contribution in [0.5, 0.6) is 0 Å². The number of aliphatic imine (C=N–C) groups is 1. The Kier molecular flexibility index (Phi) is 13.2. The zero-order valence-corrected chi connectivity index (χ0v) is 29.8. The first-order valence-corrected chi connectivity index (χ1v) is 16.7. The minimum atomic E-state index is -4.29. The van der Waals surface area contributed by atoms with Crippen LogP contribution in [0.15, 0.2) is 64.5 Å². The largest absolute Gasteiger partial charge is 0.416 e. The van der Waals surface area contributed by atoms with Gasteiger partial charge in [-0.2, -0.15) is 18.2 Å². The van der Waals surface area contributed by atoms with Crippen molar-refractivity contribution >= 4 is 17.0 Å². The normalized spacial score (nSPS) is 12.8. The molecule has 2 aromatic carbocycles. The lowest BCUT2D eigenvalue weighted by Crippen LogP contribution is -2.23. The van der Waals surface area contributed by atoms with E-state index in [-0.39, 0.29) is 28.5 Å². The Morgan fingerprint density at radius 3 is 2.16 bits per heavy atom. The molecular formula is C37H53F3N8O. The second kappa shape index (κ2) is 16.5. The van der Waals surface area contributed by atoms with E-state index in [1.165, 1.54) is 12.1 Å². The minimum Gasteiger partial charge on any atom is -0.370 e. The molecule has 2 aromatic heterocycles. The summed E-state index contributed by atoms with van der Waals surface area (Å²) in [6.45, 7) is 16.2. The Hall–Kier alpha value is -4.16. The van der Waals surface area contributed by atoms with Gasteiger partial charge in [-0.15, -0.1) is 0 Å². The number of H-pyrrole nitrogens is 1. The third kappa shape index (κ3) is 12.3. The summed E-state index contributed by atoms with van der Waals surface area (Å²) in [5, 5.41) is 4.27. The van der Waals surface area contributed by atoms with Crippen molar-refractivity contribution in [2.45, 2.75) is 104 Å². The number of aryl methyl sites for hydroxylation is 1. The first kappa shape index (κ1) is 39.3. The number of guanidine groups is 1. The van der Waals surface area contributed by atoms with Gasteiger partial charge in [0.2, 0.25) is 0 Å². The fourth-order valence-corrected chi connectivity index (χ4v) is 5.06. The maximum Gasteiger partial charge on any atom is 0.416 e. The number of fused-ring (bicyclic) bond motifs is 1. The SMILES string of the molecule is CC(C)(C)c1cc2cn(-c3ccc(CNCCCN=C(N)N)cc3)c(=O)nc2[nH]1.C[C@H](N)CCCc1cc(C(C)(C)C)cc(C(F)(F)F)c1. The van der Waals surface area contributed by atoms with E-state index in [2.05, 4.69) is 47.1 Å². The summed E-state index contributed by atoms with van der Waals surface area (Å²) in [6.07, 6.45) is 0.674. The summed E-state index contributed by atoms with van der Waals surface area (Å²) in [5.41, 5.74) is 20.2. The lowest BCUT2D eigenvalue weighted by atomic mass is 9.84. The Morgan fingerprint density at radius 1 is 0.939 bits per heavy atom. The lowest BCUT2D eigenvalue weighted by molar-refractivity contribution is -0.137. The Balaban J connectivity index is 0.000000286. The van der Waals surface area contributed by atoms with Crippen LogP contribution >= 0.6 is 0 Å². The third-order valence-corrected chi connectivity index (χ3v) is 7.98. The third-order valence-electron chi connectivity index (χ3n) is 7.98. The number of hydrogen-bond acceptors (Lipinski definition) is 5. The van der Waals surface area contributed by atoms with Gasteiger partial charge in [-0.3, -0.25) is 9.56 Å². The fraction of sp³-hybridized carbons (Fsp3) is 0.486. The van der Waals surface area contributed by atoms with Gasteiger partial charge in [0, 0.05) is 41.8 Å². The van der Waals surface area contributed by atoms with E-state index >= 15 is 0 Å². The number of hydrogen-bond donors (Lipinski definition) is 5. The average molecular weight is 683 g/mol. The molecule has 8 N–H and O–H groups in total. The zero-order chi connectivity index (χ0) is 36.6. The van der Waals surface area contributed by atoms with Gasteiger partial charge < -0.3 is 27.5 Å². The number of nitrogens with one attached hydrogen (secondary N) is 2. The predicted octanol–water partition coefficient (Wildman–Crippen LogP) is 6.44. The molecule has 0 radical (unpaired) electrons. The van der Waals surface area contributed by atoms with Gasteiger partial charge in [0.25, 0.3) is 0 Å². The molecule has 49 heavy (non-hydrogen) atoms. The average Bonchev–Trinajstić information content (AvgIpc) is 3.41. The highest BCUT2D eigenvalue weighted by Crippen LogP contribution is 2.34. The van der Waals surface area contributed by atoms with E-state index in [1.54, 1.807) is 4.57 Å². The molecule has 0 aliphatic rings. The smallest absolute Gasteiger partial charge is 0.370 e. The maximum absolute atomic E-state index is 13.0. The summed E-state index contributed by atoms with van der Waals surface area (Å²) in [7, 11) is 0. The van der Waals surface area contributed by atoms with E-state index in [1.807, 2.05) is 64.2 Å². The van der Waals surface area contributed by atoms with Crippen LogP contribution in [0.3, 0.4) is 0 Å². The fourth-order valence-electron chi connectivity index (χ4n) is 5.06. The molecule has 0 fully saturated rings. The zero-order valence-electron chi connectivity index (χ0n) is 29.8. The predicted molar refractivity (Wildman–Crippen MR) is 194 cm³/mol. The number of aromatic amines is 1. The van der Waals surface area contributed by atoms with Gasteiger partial charge >= 0.3 is 11.9 Å². The molecule has 0 aliphatic carbocycles. The van der Waals surface area contributed by atoms with Crippen molar-refractivity contribution in [2.24, 2.45) is 22.2 Å². The first-order chi connectivity index (χ1) is 22.7. The molecular weight excluding hydrogens is 629 g/mol. The number of nitrogens with two attached hydrogens (primary N) is 3. The van der Waals surface area contributed by atoms with Crippen LogP contribution in [0.25, 0.3) is 16.7 Å². The van der Waals surface area contributed by atoms with Crippen LogP contribution in [-0.4, -0.2) is 39.6 Å². The first-order valence-electron chi connectivity index (χ1n) is 16.7. The molecule has 0 saturated heterocycles. The second-order valence-electron chi connectivity index (χ2n) is 14.7. The number of halogens is 3. The second-order valence-corrected chi connectivity index (χ2v) is 14.7. The van der Waals surface area contributed by atoms with Gasteiger partial charge in [0.05, 0.1) is 11.3 Å². The summed E-state index contributed by atoms with van der Waals surface area (Å²) in [5.74, 6) is 0.123. The van der Waals surface area contributed by atoms with Gasteiger partial charge in [-0.25, -0.2) is 4.79 Å². The van der Waals surface area contributed by atoms with E-state index in [4.69, 9.17) is 17.2 Å². The molecule has 0 bridgehead atoms. The highest BCUT2D eigenvalue weighted by molar-refractivity contribution is 5.76. The van der Waals surface area contributed by atoms with Crippen molar-refractivity contribution in [3.05, 3.63) is 93.2 Å². The van der Waals surface area contributed by atoms with Crippen molar-refractivity contribution in [3.8, 4) is 5.69 Å². The molecule has 4 rings (SSSR count). The van der Waals surface area contributed by atoms with Crippen LogP contribution in [0.2, 0.25) is 0 Å². The van der Waals surface area contributed by atoms with Gasteiger partial charge in [0.15, 0.2) is 5.96 Å². The van der Waals surface area contributed by atoms with Gasteiger partial charge in [0.1, 0.15) is 5.65 Å². The van der Waals surface area contributed by atoms with E-state index in [0.717, 1.165) is 65.8 Å². The van der Waals surface area contributed by atoms with Crippen molar-refractivity contribution in [1.82, 2.24) is 19.9 Å². The number of benzene rings is 2. The minimum absolute atomic E-state index is 0.0352. The standard InChI is InChI=1S/C21H29N7O.C16H24F3N/c1-21(2,3)17-11-15-13-28(20(29)27-18(15)26-17)16-7-5-14(6-8-16)12-24-9-4-10-25-19(22)23;1-11(20)6-5-7-12-8-13(15(2,3)4)10-14(9-12)16(17,18)19/h5-8,11,13,24H,4,9-10,12H2,1-3H3,(H4,22,23,25)(H,26,27,29);8-11H,5-7,20H2,1-4H3/t;11-/m.0/s1. The van der Waals surface area contributed by atoms with Crippen molar-refractivity contribution in [2.75, 3.05) is 13.1 Å². The number of alkyl halides is 3. The summed E-state index contributed by atoms with van der Waals surface area (Å²) >= 11 is 0. The highest BCUT2D eigenvalue weighted by Gasteiger charge is 2.32. The Bertz CT molecular complexity index is 1710. The molecule has 1 atom stereocenters. The molecule has 9 nitrogen and oxygen atoms in total. The molecule has 2 heterocycles. The van der Waals surface area contributed by atoms with E-state index in [9.17, 15) is 18.0 Å². The summed E-state index contributed by atoms with van der Waals surface area (Å²) in [6, 6.07) is 14.4. The summed E-state index contributed by atoms with van der Waals surface area (Å²) in [4.78, 5) is 23.9. The van der Waals surface area contributed by atoms with Crippen molar-refractivity contribution in [1.29, 1.82) is 0 Å². The number of aromatic nitrogens is 3. The highest BCUT2D eigenvalue weighted by atomic mass is 19.4. The molecule has 268 valence electrons. The molecule has 0 aliphatic heterocycles. The van der Waals surface area contributed by atoms with Crippen LogP contribution in [0.4, 0.5) is 13.2 Å².